The maximum absolute atomic E-state index is 13.3. The van der Waals surface area contributed by atoms with Crippen LogP contribution in [0.15, 0.2) is 24.4 Å². The molecule has 0 aliphatic rings. The standard InChI is InChI=1S/C11H9F2N3O/c12-7-2-1-6(9(13)4-7)3-10(17)8-5-15-16-11(8)14/h1-2,4-5H,3H2,(H3,14,15,16). The molecule has 6 heteroatoms. The van der Waals surface area contributed by atoms with Crippen LogP contribution in [0.5, 0.6) is 0 Å². The highest BCUT2D eigenvalue weighted by atomic mass is 19.1. The first kappa shape index (κ1) is 11.3. The van der Waals surface area contributed by atoms with Gasteiger partial charge in [0.05, 0.1) is 11.8 Å². The molecule has 2 rings (SSSR count). The first-order valence-corrected chi connectivity index (χ1v) is 4.84. The molecular formula is C11H9F2N3O. The summed E-state index contributed by atoms with van der Waals surface area (Å²) in [6.45, 7) is 0. The minimum atomic E-state index is -0.750. The molecule has 0 bridgehead atoms. The molecule has 1 aromatic carbocycles. The number of nitrogens with one attached hydrogen (secondary N) is 1. The Morgan fingerprint density at radius 1 is 1.41 bits per heavy atom. The van der Waals surface area contributed by atoms with Gasteiger partial charge in [-0.2, -0.15) is 5.10 Å². The van der Waals surface area contributed by atoms with Gasteiger partial charge in [0, 0.05) is 12.5 Å². The first-order chi connectivity index (χ1) is 8.08. The van der Waals surface area contributed by atoms with Crippen LogP contribution in [0.25, 0.3) is 0 Å². The molecule has 0 aliphatic carbocycles. The summed E-state index contributed by atoms with van der Waals surface area (Å²) >= 11 is 0. The van der Waals surface area contributed by atoms with E-state index in [0.29, 0.717) is 0 Å². The zero-order valence-electron chi connectivity index (χ0n) is 8.71. The smallest absolute Gasteiger partial charge is 0.172 e. The lowest BCUT2D eigenvalue weighted by molar-refractivity contribution is 0.0992. The SMILES string of the molecule is Nc1[nH]ncc1C(=O)Cc1ccc(F)cc1F. The first-order valence-electron chi connectivity index (χ1n) is 4.84. The fraction of sp³-hybridized carbons (Fsp3) is 0.0909. The predicted octanol–water partition coefficient (Wildman–Crippen LogP) is 1.70. The Labute approximate surface area is 95.4 Å². The number of nitrogen functional groups attached to an aromatic ring is 1. The zero-order chi connectivity index (χ0) is 12.4. The van der Waals surface area contributed by atoms with Crippen molar-refractivity contribution >= 4 is 11.6 Å². The molecule has 88 valence electrons. The largest absolute Gasteiger partial charge is 0.383 e. The van der Waals surface area contributed by atoms with E-state index in [2.05, 4.69) is 10.2 Å². The number of nitrogens with two attached hydrogens (primary N) is 1. The number of H-pyrrole nitrogens is 1. The molecule has 0 aliphatic heterocycles. The van der Waals surface area contributed by atoms with E-state index in [1.165, 1.54) is 12.3 Å². The minimum Gasteiger partial charge on any atom is -0.383 e. The van der Waals surface area contributed by atoms with Crippen LogP contribution in [0.2, 0.25) is 0 Å². The van der Waals surface area contributed by atoms with E-state index in [0.717, 1.165) is 12.1 Å². The van der Waals surface area contributed by atoms with Gasteiger partial charge in [-0.1, -0.05) is 6.07 Å². The Morgan fingerprint density at radius 2 is 2.18 bits per heavy atom. The molecule has 1 heterocycles. The number of hydrogen-bond donors (Lipinski definition) is 2. The van der Waals surface area contributed by atoms with E-state index in [4.69, 9.17) is 5.73 Å². The Morgan fingerprint density at radius 3 is 2.76 bits per heavy atom. The molecule has 2 aromatic rings. The second-order valence-corrected chi connectivity index (χ2v) is 3.53. The van der Waals surface area contributed by atoms with Gasteiger partial charge < -0.3 is 5.73 Å². The Kier molecular flexibility index (Phi) is 2.86. The van der Waals surface area contributed by atoms with E-state index in [-0.39, 0.29) is 29.1 Å². The molecule has 0 unspecified atom stereocenters. The highest BCUT2D eigenvalue weighted by Crippen LogP contribution is 2.15. The van der Waals surface area contributed by atoms with Crippen LogP contribution in [0.1, 0.15) is 15.9 Å². The van der Waals surface area contributed by atoms with Gasteiger partial charge in [-0.3, -0.25) is 9.89 Å². The molecule has 4 nitrogen and oxygen atoms in total. The highest BCUT2D eigenvalue weighted by molar-refractivity contribution is 6.01. The fourth-order valence-corrected chi connectivity index (χ4v) is 1.45. The predicted molar refractivity (Wildman–Crippen MR) is 57.4 cm³/mol. The van der Waals surface area contributed by atoms with Crippen molar-refractivity contribution in [3.8, 4) is 0 Å². The third kappa shape index (κ3) is 2.30. The number of Topliss-reactive ketones (excluding diaryl/α,β-unsaturated/α-hetero) is 1. The summed E-state index contributed by atoms with van der Waals surface area (Å²) in [7, 11) is 0. The number of rotatable bonds is 3. The number of aromatic nitrogens is 2. The summed E-state index contributed by atoms with van der Waals surface area (Å²) in [5.74, 6) is -1.67. The zero-order valence-corrected chi connectivity index (χ0v) is 8.71. The Bertz CT molecular complexity index is 566. The van der Waals surface area contributed by atoms with Crippen molar-refractivity contribution < 1.29 is 13.6 Å². The van der Waals surface area contributed by atoms with Gasteiger partial charge in [-0.15, -0.1) is 0 Å². The second kappa shape index (κ2) is 4.32. The molecule has 0 saturated carbocycles. The summed E-state index contributed by atoms with van der Waals surface area (Å²) < 4.78 is 26.0. The van der Waals surface area contributed by atoms with Crippen LogP contribution in [0.4, 0.5) is 14.6 Å². The third-order valence-corrected chi connectivity index (χ3v) is 2.34. The van der Waals surface area contributed by atoms with Crippen molar-refractivity contribution in [3.05, 3.63) is 47.2 Å². The molecule has 0 saturated heterocycles. The molecular weight excluding hydrogens is 228 g/mol. The normalized spacial score (nSPS) is 10.5. The highest BCUT2D eigenvalue weighted by Gasteiger charge is 2.14. The molecule has 1 aromatic heterocycles. The summed E-state index contributed by atoms with van der Waals surface area (Å²) in [4.78, 5) is 11.7. The van der Waals surface area contributed by atoms with Crippen LogP contribution in [-0.2, 0) is 6.42 Å². The molecule has 0 atom stereocenters. The summed E-state index contributed by atoms with van der Waals surface area (Å²) in [6.07, 6.45) is 1.09. The molecule has 0 amide bonds. The molecule has 0 fully saturated rings. The van der Waals surface area contributed by atoms with Gasteiger partial charge >= 0.3 is 0 Å². The lowest BCUT2D eigenvalue weighted by Gasteiger charge is -2.02. The number of ketones is 1. The lowest BCUT2D eigenvalue weighted by Crippen LogP contribution is -2.07. The molecule has 0 spiro atoms. The van der Waals surface area contributed by atoms with E-state index in [1.807, 2.05) is 0 Å². The van der Waals surface area contributed by atoms with Crippen molar-refractivity contribution in [1.29, 1.82) is 0 Å². The number of nitrogens with zero attached hydrogens (tertiary/aromatic N) is 1. The minimum absolute atomic E-state index is 0.122. The van der Waals surface area contributed by atoms with E-state index < -0.39 is 11.6 Å². The summed E-state index contributed by atoms with van der Waals surface area (Å²) in [5.41, 5.74) is 5.79. The van der Waals surface area contributed by atoms with Crippen molar-refractivity contribution in [2.24, 2.45) is 0 Å². The average Bonchev–Trinajstić information content (AvgIpc) is 2.68. The van der Waals surface area contributed by atoms with Crippen LogP contribution in [0, 0.1) is 11.6 Å². The number of carbonyl (C=O) groups excluding carboxylic acids is 1. The van der Waals surface area contributed by atoms with Gasteiger partial charge in [0.1, 0.15) is 17.5 Å². The maximum atomic E-state index is 13.3. The van der Waals surface area contributed by atoms with Crippen molar-refractivity contribution in [1.82, 2.24) is 10.2 Å². The third-order valence-electron chi connectivity index (χ3n) is 2.34. The summed E-state index contributed by atoms with van der Waals surface area (Å²) in [5, 5.41) is 6.01. The van der Waals surface area contributed by atoms with E-state index >= 15 is 0 Å². The van der Waals surface area contributed by atoms with Gasteiger partial charge in [0.25, 0.3) is 0 Å². The molecule has 17 heavy (non-hydrogen) atoms. The summed E-state index contributed by atoms with van der Waals surface area (Å²) in [6, 6.07) is 3.07. The second-order valence-electron chi connectivity index (χ2n) is 3.53. The molecule has 3 N–H and O–H groups in total. The van der Waals surface area contributed by atoms with Gasteiger partial charge in [0.15, 0.2) is 5.78 Å². The topological polar surface area (TPSA) is 71.8 Å². The van der Waals surface area contributed by atoms with Gasteiger partial charge in [-0.25, -0.2) is 8.78 Å². The van der Waals surface area contributed by atoms with E-state index in [1.54, 1.807) is 0 Å². The van der Waals surface area contributed by atoms with Crippen LogP contribution < -0.4 is 5.73 Å². The average molecular weight is 237 g/mol. The quantitative estimate of drug-likeness (QED) is 0.798. The van der Waals surface area contributed by atoms with Crippen LogP contribution in [0.3, 0.4) is 0 Å². The van der Waals surface area contributed by atoms with Gasteiger partial charge in [0.2, 0.25) is 0 Å². The molecule has 0 radical (unpaired) electrons. The van der Waals surface area contributed by atoms with Gasteiger partial charge in [-0.05, 0) is 11.6 Å². The van der Waals surface area contributed by atoms with Crippen molar-refractivity contribution in [2.75, 3.05) is 5.73 Å². The fourth-order valence-electron chi connectivity index (χ4n) is 1.45. The number of anilines is 1. The van der Waals surface area contributed by atoms with Crippen LogP contribution >= 0.6 is 0 Å². The van der Waals surface area contributed by atoms with Crippen molar-refractivity contribution in [3.63, 3.8) is 0 Å². The number of hydrogen-bond acceptors (Lipinski definition) is 3. The van der Waals surface area contributed by atoms with E-state index in [9.17, 15) is 13.6 Å². The number of halogens is 2. The Hall–Kier alpha value is -2.24. The monoisotopic (exact) mass is 237 g/mol. The number of aromatic amines is 1. The lowest BCUT2D eigenvalue weighted by atomic mass is 10.0. The number of carbonyl (C=O) groups is 1. The number of benzene rings is 1. The maximum Gasteiger partial charge on any atom is 0.172 e. The van der Waals surface area contributed by atoms with Crippen molar-refractivity contribution in [2.45, 2.75) is 6.42 Å². The van der Waals surface area contributed by atoms with Crippen LogP contribution in [-0.4, -0.2) is 16.0 Å². The Balaban J connectivity index is 2.22.